The number of nitrogens with one attached hydrogen (secondary N) is 2. The maximum Gasteiger partial charge on any atom is 0.416 e. The molecule has 3 aromatic carbocycles. The number of hydroxylamine groups is 2. The van der Waals surface area contributed by atoms with Crippen molar-refractivity contribution >= 4 is 60.0 Å². The average Bonchev–Trinajstić information content (AvgIpc) is 3.51. The number of amides is 2. The fraction of sp³-hybridized carbons (Fsp3) is 0.343. The predicted molar refractivity (Wildman–Crippen MR) is 213 cm³/mol. The zero-order chi connectivity index (χ0) is 45.4. The fourth-order valence-electron chi connectivity index (χ4n) is 5.43. The molecule has 1 aliphatic heterocycles. The van der Waals surface area contributed by atoms with Crippen LogP contribution in [0.15, 0.2) is 60.8 Å². The predicted octanol–water partition coefficient (Wildman–Crippen LogP) is 7.41. The number of hydrogen-bond acceptors (Lipinski definition) is 12. The van der Waals surface area contributed by atoms with E-state index in [0.29, 0.717) is 29.3 Å². The number of carbonyl (C=O) groups is 2. The van der Waals surface area contributed by atoms with Crippen LogP contribution in [-0.4, -0.2) is 86.5 Å². The van der Waals surface area contributed by atoms with Crippen molar-refractivity contribution in [3.8, 4) is 22.9 Å². The molecule has 25 heteroatoms. The number of nitrogens with zero attached hydrogens (tertiary/aromatic N) is 4. The number of nitrogen functional groups attached to an aromatic ring is 1. The van der Waals surface area contributed by atoms with Gasteiger partial charge in [0.1, 0.15) is 29.1 Å². The largest absolute Gasteiger partial charge is 0.480 e. The van der Waals surface area contributed by atoms with E-state index in [0.717, 1.165) is 33.7 Å². The molecule has 0 saturated heterocycles. The standard InChI is InChI=1S/C22H28N2O5.C10H5Cl2F3N4O2.C3H8NO5P/c1-21(2)14-22(3,26-5)29-19-13-17(11-12-18(19)21)28-16-9-7-15(8-10-16)23-20(25)24(4)27-6;11-5-1-4(10(13,14)15)2-6(12)8(5)18-9(16)7(3-17-18)19(20)21;5-3(6)1-4-2-10(7,8)9/h7-13H,14H2,1-6H3,(H,23,25);1-3H,16H2;4H,1-2H2,(H,5,6)(H2,7,8,9). The van der Waals surface area contributed by atoms with Gasteiger partial charge in [-0.1, -0.05) is 43.1 Å². The van der Waals surface area contributed by atoms with Crippen LogP contribution in [0.5, 0.6) is 17.2 Å². The van der Waals surface area contributed by atoms with Gasteiger partial charge in [-0.15, -0.1) is 0 Å². The number of fused-ring (bicyclic) bond motifs is 1. The van der Waals surface area contributed by atoms with Crippen LogP contribution in [0.3, 0.4) is 0 Å². The van der Waals surface area contributed by atoms with E-state index in [1.165, 1.54) is 14.2 Å². The lowest BCUT2D eigenvalue weighted by Gasteiger charge is -2.43. The molecule has 19 nitrogen and oxygen atoms in total. The highest BCUT2D eigenvalue weighted by Gasteiger charge is 2.42. The van der Waals surface area contributed by atoms with E-state index >= 15 is 0 Å². The summed E-state index contributed by atoms with van der Waals surface area (Å²) < 4.78 is 66.4. The highest BCUT2D eigenvalue weighted by atomic mass is 35.5. The summed E-state index contributed by atoms with van der Waals surface area (Å²) in [6, 6.07) is 13.8. The summed E-state index contributed by atoms with van der Waals surface area (Å²) in [5.41, 5.74) is 5.47. The number of ether oxygens (including phenoxy) is 3. The fourth-order valence-corrected chi connectivity index (χ4v) is 6.48. The Morgan fingerprint density at radius 1 is 1.08 bits per heavy atom. The van der Waals surface area contributed by atoms with Gasteiger partial charge in [-0.25, -0.2) is 14.5 Å². The highest BCUT2D eigenvalue weighted by molar-refractivity contribution is 7.51. The number of aromatic nitrogens is 2. The number of carbonyl (C=O) groups excluding carboxylic acids is 1. The number of methoxy groups -OCH3 is 1. The third-order valence-corrected chi connectivity index (χ3v) is 9.45. The molecule has 0 fully saturated rings. The molecule has 0 saturated carbocycles. The van der Waals surface area contributed by atoms with E-state index in [-0.39, 0.29) is 27.2 Å². The van der Waals surface area contributed by atoms with E-state index in [4.69, 9.17) is 62.9 Å². The van der Waals surface area contributed by atoms with Crippen molar-refractivity contribution < 1.29 is 66.2 Å². The molecule has 1 unspecified atom stereocenters. The number of aliphatic carboxylic acids is 1. The monoisotopic (exact) mass is 909 g/mol. The smallest absolute Gasteiger partial charge is 0.416 e. The Morgan fingerprint density at radius 2 is 1.67 bits per heavy atom. The summed E-state index contributed by atoms with van der Waals surface area (Å²) >= 11 is 11.5. The molecule has 0 radical (unpaired) electrons. The molecule has 0 aliphatic carbocycles. The number of anilines is 2. The SMILES string of the molecule is CON(C)C(=O)Nc1ccc(Oc2ccc3c(c2)OC(C)(OC)CC3(C)C)cc1.Nc1c([N+](=O)[O-])cnn1-c1c(Cl)cc(C(F)(F)F)cc1Cl.O=C(O)CNCP(=O)(O)O. The molecule has 2 amide bonds. The molecule has 1 aromatic heterocycles. The Bertz CT molecular complexity index is 2200. The van der Waals surface area contributed by atoms with Crippen molar-refractivity contribution in [2.24, 2.45) is 0 Å². The van der Waals surface area contributed by atoms with Crippen molar-refractivity contribution in [3.05, 3.63) is 92.1 Å². The van der Waals surface area contributed by atoms with Crippen molar-refractivity contribution in [1.82, 2.24) is 20.2 Å². The molecule has 1 atom stereocenters. The van der Waals surface area contributed by atoms with Gasteiger partial charge in [-0.05, 0) is 47.9 Å². The molecular formula is C35H41Cl2F3N7O12P. The Hall–Kier alpha value is -5.19. The van der Waals surface area contributed by atoms with Crippen molar-refractivity contribution in [1.29, 1.82) is 0 Å². The normalized spacial score (nSPS) is 15.5. The summed E-state index contributed by atoms with van der Waals surface area (Å²) in [7, 11) is 0.517. The zero-order valence-corrected chi connectivity index (χ0v) is 35.0. The number of alkyl halides is 3. The van der Waals surface area contributed by atoms with Crippen molar-refractivity contribution in [2.75, 3.05) is 45.1 Å². The first-order chi connectivity index (χ1) is 27.7. The van der Waals surface area contributed by atoms with Gasteiger partial charge in [-0.3, -0.25) is 29.6 Å². The number of carboxylic acid groups (broad SMARTS) is 1. The second-order valence-electron chi connectivity index (χ2n) is 13.4. The van der Waals surface area contributed by atoms with Gasteiger partial charge in [-0.2, -0.15) is 18.3 Å². The molecule has 7 N–H and O–H groups in total. The first-order valence-corrected chi connectivity index (χ1v) is 19.5. The van der Waals surface area contributed by atoms with Crippen LogP contribution in [0.25, 0.3) is 5.69 Å². The Labute approximate surface area is 350 Å². The van der Waals surface area contributed by atoms with Crippen LogP contribution < -0.4 is 25.8 Å². The number of rotatable bonds is 11. The van der Waals surface area contributed by atoms with Crippen LogP contribution in [0.2, 0.25) is 10.0 Å². The maximum absolute atomic E-state index is 12.6. The van der Waals surface area contributed by atoms with E-state index < -0.39 is 60.4 Å². The second kappa shape index (κ2) is 19.9. The molecule has 328 valence electrons. The van der Waals surface area contributed by atoms with Crippen molar-refractivity contribution in [3.63, 3.8) is 0 Å². The Balaban J connectivity index is 0.000000270. The average molecular weight is 911 g/mol. The molecule has 1 aliphatic rings. The summed E-state index contributed by atoms with van der Waals surface area (Å²) in [6.07, 6.45) is -3.62. The summed E-state index contributed by atoms with van der Waals surface area (Å²) in [6.45, 7) is 5.87. The minimum atomic E-state index is -4.63. The van der Waals surface area contributed by atoms with E-state index in [2.05, 4.69) is 29.6 Å². The minimum absolute atomic E-state index is 0.0773. The van der Waals surface area contributed by atoms with E-state index in [9.17, 15) is 37.4 Å². The summed E-state index contributed by atoms with van der Waals surface area (Å²) in [4.78, 5) is 52.7. The lowest BCUT2D eigenvalue weighted by atomic mass is 9.76. The molecular weight excluding hydrogens is 869 g/mol. The van der Waals surface area contributed by atoms with Gasteiger partial charge in [0.25, 0.3) is 0 Å². The van der Waals surface area contributed by atoms with Gasteiger partial charge in [0.15, 0.2) is 0 Å². The van der Waals surface area contributed by atoms with Crippen LogP contribution in [0.1, 0.15) is 38.3 Å². The number of urea groups is 1. The lowest BCUT2D eigenvalue weighted by Crippen LogP contribution is -2.45. The van der Waals surface area contributed by atoms with Gasteiger partial charge in [0, 0.05) is 44.8 Å². The van der Waals surface area contributed by atoms with Crippen LogP contribution in [0, 0.1) is 10.1 Å². The first kappa shape index (κ1) is 49.2. The number of benzene rings is 3. The second-order valence-corrected chi connectivity index (χ2v) is 15.9. The number of nitrogens with two attached hydrogens (primary N) is 1. The number of carboxylic acids is 1. The van der Waals surface area contributed by atoms with Gasteiger partial charge in [0.05, 0.1) is 40.5 Å². The molecule has 0 spiro atoms. The Morgan fingerprint density at radius 3 is 2.15 bits per heavy atom. The van der Waals surface area contributed by atoms with Gasteiger partial charge in [0.2, 0.25) is 11.6 Å². The topological polar surface area (TPSA) is 263 Å². The highest BCUT2D eigenvalue weighted by Crippen LogP contribution is 2.46. The minimum Gasteiger partial charge on any atom is -0.480 e. The van der Waals surface area contributed by atoms with Gasteiger partial charge >= 0.3 is 31.5 Å². The quantitative estimate of drug-likeness (QED) is 0.0486. The third kappa shape index (κ3) is 13.7. The van der Waals surface area contributed by atoms with Crippen LogP contribution in [0.4, 0.5) is 35.2 Å². The van der Waals surface area contributed by atoms with Crippen molar-refractivity contribution in [2.45, 2.75) is 44.6 Å². The third-order valence-electron chi connectivity index (χ3n) is 8.24. The molecule has 5 rings (SSSR count). The van der Waals surface area contributed by atoms with E-state index in [1.807, 2.05) is 25.1 Å². The van der Waals surface area contributed by atoms with E-state index in [1.54, 1.807) is 31.4 Å². The first-order valence-electron chi connectivity index (χ1n) is 17.0. The van der Waals surface area contributed by atoms with Crippen LogP contribution >= 0.6 is 30.8 Å². The number of halogens is 5. The summed E-state index contributed by atoms with van der Waals surface area (Å²) in [5, 5.41) is 27.4. The van der Waals surface area contributed by atoms with Gasteiger partial charge < -0.3 is 40.2 Å². The molecule has 4 aromatic rings. The summed E-state index contributed by atoms with van der Waals surface area (Å²) in [5.74, 6) is -0.153. The molecule has 60 heavy (non-hydrogen) atoms. The molecule has 0 bridgehead atoms. The van der Waals surface area contributed by atoms with Crippen LogP contribution in [-0.2, 0) is 30.5 Å². The zero-order valence-electron chi connectivity index (χ0n) is 32.6. The Kier molecular flexibility index (Phi) is 16.3. The molecule has 2 heterocycles. The maximum atomic E-state index is 12.6. The number of nitro groups is 1. The lowest BCUT2D eigenvalue weighted by molar-refractivity contribution is -0.383. The number of hydrogen-bond donors (Lipinski definition) is 6.